The lowest BCUT2D eigenvalue weighted by Gasteiger charge is -2.13. The summed E-state index contributed by atoms with van der Waals surface area (Å²) in [6.07, 6.45) is 1.90. The predicted molar refractivity (Wildman–Crippen MR) is 104 cm³/mol. The first-order chi connectivity index (χ1) is 10.2. The van der Waals surface area contributed by atoms with Gasteiger partial charge in [0, 0.05) is 25.6 Å². The van der Waals surface area contributed by atoms with Crippen LogP contribution in [-0.2, 0) is 6.42 Å². The molecule has 0 aliphatic carbocycles. The van der Waals surface area contributed by atoms with Gasteiger partial charge in [0.2, 0.25) is 0 Å². The van der Waals surface area contributed by atoms with Crippen LogP contribution in [0.3, 0.4) is 0 Å². The van der Waals surface area contributed by atoms with Crippen molar-refractivity contribution in [2.24, 2.45) is 4.99 Å². The van der Waals surface area contributed by atoms with Crippen LogP contribution in [-0.4, -0.2) is 35.1 Å². The van der Waals surface area contributed by atoms with Crippen LogP contribution in [0, 0.1) is 0 Å². The highest BCUT2D eigenvalue weighted by Gasteiger charge is 2.02. The van der Waals surface area contributed by atoms with Crippen molar-refractivity contribution in [2.45, 2.75) is 39.7 Å². The van der Waals surface area contributed by atoms with E-state index in [0.29, 0.717) is 6.04 Å². The number of hydrogen-bond acceptors (Lipinski definition) is 2. The Balaban J connectivity index is 0.00000242. The van der Waals surface area contributed by atoms with Gasteiger partial charge in [0.15, 0.2) is 5.96 Å². The fourth-order valence-electron chi connectivity index (χ4n) is 2.15. The molecule has 22 heavy (non-hydrogen) atoms. The molecule has 1 aromatic heterocycles. The molecule has 0 bridgehead atoms. The summed E-state index contributed by atoms with van der Waals surface area (Å²) in [5.41, 5.74) is 2.14. The summed E-state index contributed by atoms with van der Waals surface area (Å²) in [6, 6.07) is 8.51. The van der Waals surface area contributed by atoms with Crippen molar-refractivity contribution >= 4 is 41.0 Å². The Labute approximate surface area is 149 Å². The molecule has 0 atom stereocenters. The number of para-hydroxylation sites is 2. The number of imidazole rings is 1. The van der Waals surface area contributed by atoms with Crippen LogP contribution in [0.15, 0.2) is 29.3 Å². The van der Waals surface area contributed by atoms with Gasteiger partial charge in [-0.2, -0.15) is 0 Å². The van der Waals surface area contributed by atoms with Crippen molar-refractivity contribution in [3.8, 4) is 0 Å². The molecule has 122 valence electrons. The zero-order valence-corrected chi connectivity index (χ0v) is 15.8. The number of hydrogen-bond donors (Lipinski definition) is 3. The smallest absolute Gasteiger partial charge is 0.191 e. The fraction of sp³-hybridized carbons (Fsp3) is 0.500. The van der Waals surface area contributed by atoms with E-state index in [2.05, 4.69) is 52.4 Å². The molecule has 0 unspecified atom stereocenters. The van der Waals surface area contributed by atoms with E-state index < -0.39 is 0 Å². The number of aliphatic imine (C=N–C) groups is 1. The van der Waals surface area contributed by atoms with Gasteiger partial charge in [0.25, 0.3) is 0 Å². The first kappa shape index (κ1) is 18.7. The molecule has 0 saturated heterocycles. The first-order valence-corrected chi connectivity index (χ1v) is 7.67. The number of H-pyrrole nitrogens is 1. The molecule has 0 saturated carbocycles. The summed E-state index contributed by atoms with van der Waals surface area (Å²) in [5.74, 6) is 1.92. The van der Waals surface area contributed by atoms with Crippen LogP contribution in [0.4, 0.5) is 0 Å². The highest BCUT2D eigenvalue weighted by molar-refractivity contribution is 14.0. The highest BCUT2D eigenvalue weighted by Crippen LogP contribution is 2.11. The maximum Gasteiger partial charge on any atom is 0.191 e. The van der Waals surface area contributed by atoms with Crippen LogP contribution in [0.2, 0.25) is 0 Å². The summed E-state index contributed by atoms with van der Waals surface area (Å²) in [6.45, 7) is 7.97. The zero-order valence-electron chi connectivity index (χ0n) is 13.5. The Kier molecular flexibility index (Phi) is 8.22. The van der Waals surface area contributed by atoms with E-state index in [1.807, 2.05) is 18.2 Å². The summed E-state index contributed by atoms with van der Waals surface area (Å²) in [7, 11) is 0. The number of halogens is 1. The third kappa shape index (κ3) is 5.82. The standard InChI is InChI=1S/C16H25N5.HI/c1-4-17-16(19-12(2)3)18-11-7-10-15-20-13-8-5-6-9-14(13)21-15;/h5-6,8-9,12H,4,7,10-11H2,1-3H3,(H,20,21)(H2,17,18,19);1H. The quantitative estimate of drug-likeness (QED) is 0.294. The molecule has 0 fully saturated rings. The van der Waals surface area contributed by atoms with Crippen molar-refractivity contribution in [3.63, 3.8) is 0 Å². The van der Waals surface area contributed by atoms with Crippen LogP contribution in [0.25, 0.3) is 11.0 Å². The van der Waals surface area contributed by atoms with E-state index in [1.54, 1.807) is 0 Å². The summed E-state index contributed by atoms with van der Waals surface area (Å²) in [5, 5.41) is 6.57. The molecule has 5 nitrogen and oxygen atoms in total. The van der Waals surface area contributed by atoms with Crippen LogP contribution in [0.5, 0.6) is 0 Å². The molecule has 0 aliphatic heterocycles. The molecule has 2 aromatic rings. The average molecular weight is 415 g/mol. The Morgan fingerprint density at radius 3 is 2.77 bits per heavy atom. The number of nitrogens with zero attached hydrogens (tertiary/aromatic N) is 2. The SMILES string of the molecule is CCNC(=NCCCc1nc2ccccc2[nH]1)NC(C)C.I. The third-order valence-corrected chi connectivity index (χ3v) is 3.05. The number of benzene rings is 1. The molecule has 0 amide bonds. The third-order valence-electron chi connectivity index (χ3n) is 3.05. The minimum atomic E-state index is 0. The maximum atomic E-state index is 4.58. The highest BCUT2D eigenvalue weighted by atomic mass is 127. The maximum absolute atomic E-state index is 4.58. The number of aromatic nitrogens is 2. The molecule has 1 heterocycles. The van der Waals surface area contributed by atoms with Gasteiger partial charge in [-0.3, -0.25) is 4.99 Å². The second-order valence-electron chi connectivity index (χ2n) is 5.36. The van der Waals surface area contributed by atoms with E-state index in [4.69, 9.17) is 0 Å². The molecule has 2 rings (SSSR count). The van der Waals surface area contributed by atoms with Gasteiger partial charge < -0.3 is 15.6 Å². The fourth-order valence-corrected chi connectivity index (χ4v) is 2.15. The lowest BCUT2D eigenvalue weighted by Crippen LogP contribution is -2.41. The van der Waals surface area contributed by atoms with Crippen molar-refractivity contribution in [2.75, 3.05) is 13.1 Å². The van der Waals surface area contributed by atoms with E-state index in [9.17, 15) is 0 Å². The van der Waals surface area contributed by atoms with E-state index >= 15 is 0 Å². The molecular weight excluding hydrogens is 389 g/mol. The number of fused-ring (bicyclic) bond motifs is 1. The van der Waals surface area contributed by atoms with Gasteiger partial charge in [0.05, 0.1) is 11.0 Å². The van der Waals surface area contributed by atoms with Crippen LogP contribution >= 0.6 is 24.0 Å². The van der Waals surface area contributed by atoms with Gasteiger partial charge in [0.1, 0.15) is 5.82 Å². The lowest BCUT2D eigenvalue weighted by molar-refractivity contribution is 0.695. The second-order valence-corrected chi connectivity index (χ2v) is 5.36. The molecular formula is C16H26IN5. The Bertz CT molecular complexity index is 558. The Morgan fingerprint density at radius 2 is 2.09 bits per heavy atom. The number of aromatic amines is 1. The monoisotopic (exact) mass is 415 g/mol. The number of aryl methyl sites for hydroxylation is 1. The van der Waals surface area contributed by atoms with Crippen LogP contribution < -0.4 is 10.6 Å². The molecule has 1 aromatic carbocycles. The van der Waals surface area contributed by atoms with Crippen LogP contribution in [0.1, 0.15) is 33.0 Å². The molecule has 0 aliphatic rings. The van der Waals surface area contributed by atoms with Gasteiger partial charge in [-0.25, -0.2) is 4.98 Å². The van der Waals surface area contributed by atoms with Gasteiger partial charge in [-0.1, -0.05) is 12.1 Å². The first-order valence-electron chi connectivity index (χ1n) is 7.67. The Morgan fingerprint density at radius 1 is 1.32 bits per heavy atom. The normalized spacial score (nSPS) is 11.5. The van der Waals surface area contributed by atoms with Crippen molar-refractivity contribution < 1.29 is 0 Å². The number of rotatable bonds is 6. The molecule has 0 radical (unpaired) electrons. The van der Waals surface area contributed by atoms with Crippen molar-refractivity contribution in [1.29, 1.82) is 0 Å². The van der Waals surface area contributed by atoms with Gasteiger partial charge in [-0.15, -0.1) is 24.0 Å². The largest absolute Gasteiger partial charge is 0.357 e. The molecule has 6 heteroatoms. The molecule has 0 spiro atoms. The second kappa shape index (κ2) is 9.66. The number of guanidine groups is 1. The summed E-state index contributed by atoms with van der Waals surface area (Å²) >= 11 is 0. The van der Waals surface area contributed by atoms with E-state index in [-0.39, 0.29) is 24.0 Å². The number of nitrogens with one attached hydrogen (secondary N) is 3. The predicted octanol–water partition coefficient (Wildman–Crippen LogP) is 3.08. The molecule has 3 N–H and O–H groups in total. The minimum absolute atomic E-state index is 0. The van der Waals surface area contributed by atoms with E-state index in [0.717, 1.165) is 48.7 Å². The lowest BCUT2D eigenvalue weighted by atomic mass is 10.3. The van der Waals surface area contributed by atoms with Gasteiger partial charge in [-0.05, 0) is 39.3 Å². The zero-order chi connectivity index (χ0) is 15.1. The Hall–Kier alpha value is -1.31. The topological polar surface area (TPSA) is 65.1 Å². The average Bonchev–Trinajstić information content (AvgIpc) is 2.85. The van der Waals surface area contributed by atoms with Crippen molar-refractivity contribution in [1.82, 2.24) is 20.6 Å². The van der Waals surface area contributed by atoms with Gasteiger partial charge >= 0.3 is 0 Å². The minimum Gasteiger partial charge on any atom is -0.357 e. The summed E-state index contributed by atoms with van der Waals surface area (Å²) < 4.78 is 0. The van der Waals surface area contributed by atoms with Crippen molar-refractivity contribution in [3.05, 3.63) is 30.1 Å². The summed E-state index contributed by atoms with van der Waals surface area (Å²) in [4.78, 5) is 12.5. The van der Waals surface area contributed by atoms with E-state index in [1.165, 1.54) is 0 Å².